The molecule has 2 rings (SSSR count). The highest BCUT2D eigenvalue weighted by atomic mass is 16.1. The molecule has 2 heterocycles. The normalized spacial score (nSPS) is 19.0. The standard InChI is InChI=1S/C16H28N4O/c1-3-8-17-13-14-7-5-6-11-20(14)15-16(21)19(10-4-2)12-9-18-15/h9,12,14,17H,3-8,10-11,13H2,1-2H3. The summed E-state index contributed by atoms with van der Waals surface area (Å²) in [6.45, 7) is 7.95. The molecule has 1 unspecified atom stereocenters. The highest BCUT2D eigenvalue weighted by Crippen LogP contribution is 2.20. The molecule has 5 nitrogen and oxygen atoms in total. The molecule has 0 aliphatic carbocycles. The molecule has 0 radical (unpaired) electrons. The quantitative estimate of drug-likeness (QED) is 0.781. The predicted molar refractivity (Wildman–Crippen MR) is 86.9 cm³/mol. The molecule has 1 aromatic rings. The first kappa shape index (κ1) is 16.0. The zero-order valence-corrected chi connectivity index (χ0v) is 13.3. The first-order chi connectivity index (χ1) is 10.3. The molecule has 1 aliphatic rings. The minimum Gasteiger partial charge on any atom is -0.348 e. The summed E-state index contributed by atoms with van der Waals surface area (Å²) in [5.74, 6) is 0.633. The van der Waals surface area contributed by atoms with Crippen LogP contribution in [0.4, 0.5) is 5.82 Å². The zero-order chi connectivity index (χ0) is 15.1. The minimum absolute atomic E-state index is 0.0572. The van der Waals surface area contributed by atoms with E-state index in [1.54, 1.807) is 17.0 Å². The Morgan fingerprint density at radius 3 is 2.95 bits per heavy atom. The molecule has 1 aromatic heterocycles. The van der Waals surface area contributed by atoms with Gasteiger partial charge in [-0.25, -0.2) is 4.98 Å². The number of aromatic nitrogens is 2. The van der Waals surface area contributed by atoms with E-state index in [1.165, 1.54) is 6.42 Å². The van der Waals surface area contributed by atoms with Gasteiger partial charge in [-0.2, -0.15) is 0 Å². The molecule has 1 fully saturated rings. The Kier molecular flexibility index (Phi) is 6.23. The number of hydrogen-bond donors (Lipinski definition) is 1. The maximum Gasteiger partial charge on any atom is 0.293 e. The minimum atomic E-state index is 0.0572. The summed E-state index contributed by atoms with van der Waals surface area (Å²) >= 11 is 0. The third-order valence-corrected chi connectivity index (χ3v) is 4.07. The number of rotatable bonds is 7. The number of hydrogen-bond acceptors (Lipinski definition) is 4. The van der Waals surface area contributed by atoms with Crippen LogP contribution in [0.2, 0.25) is 0 Å². The van der Waals surface area contributed by atoms with Crippen molar-refractivity contribution < 1.29 is 0 Å². The van der Waals surface area contributed by atoms with Crippen LogP contribution in [0.1, 0.15) is 46.0 Å². The summed E-state index contributed by atoms with van der Waals surface area (Å²) in [6, 6.07) is 0.392. The average Bonchev–Trinajstić information content (AvgIpc) is 2.51. The van der Waals surface area contributed by atoms with Gasteiger partial charge in [-0.3, -0.25) is 4.79 Å². The molecule has 1 saturated heterocycles. The number of aryl methyl sites for hydroxylation is 1. The van der Waals surface area contributed by atoms with E-state index in [-0.39, 0.29) is 5.56 Å². The molecule has 118 valence electrons. The van der Waals surface area contributed by atoms with Crippen molar-refractivity contribution >= 4 is 5.82 Å². The molecule has 0 aromatic carbocycles. The van der Waals surface area contributed by atoms with Crippen molar-refractivity contribution in [1.29, 1.82) is 0 Å². The van der Waals surface area contributed by atoms with Crippen molar-refractivity contribution in [2.45, 2.75) is 58.5 Å². The van der Waals surface area contributed by atoms with Crippen LogP contribution in [0.5, 0.6) is 0 Å². The van der Waals surface area contributed by atoms with E-state index < -0.39 is 0 Å². The molecule has 0 amide bonds. The van der Waals surface area contributed by atoms with Gasteiger partial charge in [-0.1, -0.05) is 13.8 Å². The molecule has 5 heteroatoms. The third kappa shape index (κ3) is 4.06. The second kappa shape index (κ2) is 8.17. The highest BCUT2D eigenvalue weighted by Gasteiger charge is 2.25. The summed E-state index contributed by atoms with van der Waals surface area (Å²) in [5, 5.41) is 3.49. The van der Waals surface area contributed by atoms with Crippen molar-refractivity contribution in [2.75, 3.05) is 24.5 Å². The molecular weight excluding hydrogens is 264 g/mol. The van der Waals surface area contributed by atoms with Crippen LogP contribution in [0.25, 0.3) is 0 Å². The van der Waals surface area contributed by atoms with Gasteiger partial charge in [0.05, 0.1) is 0 Å². The van der Waals surface area contributed by atoms with E-state index in [0.29, 0.717) is 11.9 Å². The van der Waals surface area contributed by atoms with Crippen LogP contribution >= 0.6 is 0 Å². The van der Waals surface area contributed by atoms with Crippen LogP contribution in [0, 0.1) is 0 Å². The fourth-order valence-corrected chi connectivity index (χ4v) is 2.99. The fourth-order valence-electron chi connectivity index (χ4n) is 2.99. The van der Waals surface area contributed by atoms with Gasteiger partial charge >= 0.3 is 0 Å². The molecular formula is C16H28N4O. The van der Waals surface area contributed by atoms with Gasteiger partial charge in [0.25, 0.3) is 5.56 Å². The number of piperidine rings is 1. The lowest BCUT2D eigenvalue weighted by molar-refractivity contribution is 0.430. The van der Waals surface area contributed by atoms with Crippen molar-refractivity contribution in [3.8, 4) is 0 Å². The van der Waals surface area contributed by atoms with Gasteiger partial charge < -0.3 is 14.8 Å². The first-order valence-corrected chi connectivity index (χ1v) is 8.30. The lowest BCUT2D eigenvalue weighted by Gasteiger charge is -2.36. The lowest BCUT2D eigenvalue weighted by atomic mass is 10.0. The Morgan fingerprint density at radius 2 is 2.19 bits per heavy atom. The summed E-state index contributed by atoms with van der Waals surface area (Å²) < 4.78 is 1.79. The monoisotopic (exact) mass is 292 g/mol. The Morgan fingerprint density at radius 1 is 1.33 bits per heavy atom. The molecule has 0 bridgehead atoms. The van der Waals surface area contributed by atoms with Crippen LogP contribution in [0.3, 0.4) is 0 Å². The van der Waals surface area contributed by atoms with Gasteiger partial charge in [0, 0.05) is 38.1 Å². The van der Waals surface area contributed by atoms with Crippen LogP contribution < -0.4 is 15.8 Å². The van der Waals surface area contributed by atoms with E-state index in [2.05, 4.69) is 29.0 Å². The maximum absolute atomic E-state index is 12.6. The van der Waals surface area contributed by atoms with E-state index in [9.17, 15) is 4.79 Å². The van der Waals surface area contributed by atoms with E-state index in [4.69, 9.17) is 0 Å². The van der Waals surface area contributed by atoms with Crippen LogP contribution in [-0.2, 0) is 6.54 Å². The lowest BCUT2D eigenvalue weighted by Crippen LogP contribution is -2.48. The summed E-state index contributed by atoms with van der Waals surface area (Å²) in [4.78, 5) is 19.2. The SMILES string of the molecule is CCCNCC1CCCCN1c1nccn(CCC)c1=O. The Hall–Kier alpha value is -1.36. The van der Waals surface area contributed by atoms with Gasteiger partial charge in [-0.15, -0.1) is 0 Å². The van der Waals surface area contributed by atoms with Crippen molar-refractivity contribution in [3.05, 3.63) is 22.7 Å². The smallest absolute Gasteiger partial charge is 0.293 e. The van der Waals surface area contributed by atoms with E-state index >= 15 is 0 Å². The van der Waals surface area contributed by atoms with Gasteiger partial charge in [0.1, 0.15) is 0 Å². The second-order valence-electron chi connectivity index (χ2n) is 5.80. The maximum atomic E-state index is 12.6. The Labute approximate surface area is 127 Å². The van der Waals surface area contributed by atoms with Crippen molar-refractivity contribution in [2.24, 2.45) is 0 Å². The molecule has 21 heavy (non-hydrogen) atoms. The fraction of sp³-hybridized carbons (Fsp3) is 0.750. The van der Waals surface area contributed by atoms with Gasteiger partial charge in [-0.05, 0) is 38.6 Å². The summed E-state index contributed by atoms with van der Waals surface area (Å²) in [5.41, 5.74) is 0.0572. The van der Waals surface area contributed by atoms with Crippen molar-refractivity contribution in [1.82, 2.24) is 14.9 Å². The number of anilines is 1. The molecule has 0 spiro atoms. The molecule has 0 saturated carbocycles. The largest absolute Gasteiger partial charge is 0.348 e. The zero-order valence-electron chi connectivity index (χ0n) is 13.3. The number of nitrogens with one attached hydrogen (secondary N) is 1. The van der Waals surface area contributed by atoms with Gasteiger partial charge in [0.15, 0.2) is 5.82 Å². The summed E-state index contributed by atoms with van der Waals surface area (Å²) in [6.07, 6.45) is 9.19. The molecule has 1 N–H and O–H groups in total. The Bertz CT molecular complexity index is 485. The highest BCUT2D eigenvalue weighted by molar-refractivity contribution is 5.38. The third-order valence-electron chi connectivity index (χ3n) is 4.07. The predicted octanol–water partition coefficient (Wildman–Crippen LogP) is 2.01. The van der Waals surface area contributed by atoms with Crippen LogP contribution in [0.15, 0.2) is 17.2 Å². The summed E-state index contributed by atoms with van der Waals surface area (Å²) in [7, 11) is 0. The first-order valence-electron chi connectivity index (χ1n) is 8.30. The Balaban J connectivity index is 2.17. The average molecular weight is 292 g/mol. The van der Waals surface area contributed by atoms with Gasteiger partial charge in [0.2, 0.25) is 0 Å². The topological polar surface area (TPSA) is 50.2 Å². The van der Waals surface area contributed by atoms with E-state index in [0.717, 1.165) is 51.9 Å². The van der Waals surface area contributed by atoms with E-state index in [1.807, 2.05) is 0 Å². The van der Waals surface area contributed by atoms with Crippen LogP contribution in [-0.4, -0.2) is 35.2 Å². The number of nitrogens with zero attached hydrogens (tertiary/aromatic N) is 3. The van der Waals surface area contributed by atoms with Crippen molar-refractivity contribution in [3.63, 3.8) is 0 Å². The molecule has 1 aliphatic heterocycles. The second-order valence-corrected chi connectivity index (χ2v) is 5.80. The molecule has 1 atom stereocenters.